The molecule has 1 fully saturated rings. The molecule has 1 aromatic rings. The van der Waals surface area contributed by atoms with Crippen LogP contribution in [0, 0.1) is 5.92 Å². The van der Waals surface area contributed by atoms with E-state index in [4.69, 9.17) is 5.73 Å². The molecule has 114 valence electrons. The number of nitrogens with two attached hydrogens (primary N) is 1. The third kappa shape index (κ3) is 3.47. The van der Waals surface area contributed by atoms with Gasteiger partial charge in [-0.25, -0.2) is 0 Å². The van der Waals surface area contributed by atoms with Gasteiger partial charge in [0.2, 0.25) is 0 Å². The van der Waals surface area contributed by atoms with Crippen LogP contribution in [0.15, 0.2) is 0 Å². The quantitative estimate of drug-likeness (QED) is 0.833. The highest BCUT2D eigenvalue weighted by molar-refractivity contribution is 5.65. The smallest absolute Gasteiger partial charge is 0.147 e. The Balaban J connectivity index is 1.94. The van der Waals surface area contributed by atoms with E-state index in [0.717, 1.165) is 36.0 Å². The van der Waals surface area contributed by atoms with Crippen molar-refractivity contribution in [3.63, 3.8) is 0 Å². The minimum absolute atomic E-state index is 0.565. The molecule has 0 spiro atoms. The number of aryl methyl sites for hydroxylation is 2. The average molecular weight is 278 g/mol. The molecule has 4 heteroatoms. The van der Waals surface area contributed by atoms with Gasteiger partial charge in [-0.05, 0) is 38.0 Å². The maximum atomic E-state index is 6.24. The van der Waals surface area contributed by atoms with E-state index in [9.17, 15) is 0 Å². The number of hydrogen-bond acceptors (Lipinski definition) is 3. The summed E-state index contributed by atoms with van der Waals surface area (Å²) >= 11 is 0. The van der Waals surface area contributed by atoms with Crippen molar-refractivity contribution in [1.82, 2.24) is 9.78 Å². The van der Waals surface area contributed by atoms with Gasteiger partial charge in [0.05, 0.1) is 11.4 Å². The van der Waals surface area contributed by atoms with Gasteiger partial charge in [-0.2, -0.15) is 5.10 Å². The number of nitrogens with one attached hydrogen (secondary N) is 1. The summed E-state index contributed by atoms with van der Waals surface area (Å²) in [7, 11) is 1.99. The minimum atomic E-state index is 0.565. The van der Waals surface area contributed by atoms with Crippen molar-refractivity contribution in [2.75, 3.05) is 11.1 Å². The van der Waals surface area contributed by atoms with Crippen LogP contribution >= 0.6 is 0 Å². The fourth-order valence-electron chi connectivity index (χ4n) is 3.39. The fraction of sp³-hybridized carbons (Fsp3) is 0.812. The lowest BCUT2D eigenvalue weighted by Crippen LogP contribution is -2.27. The molecule has 2 rings (SSSR count). The van der Waals surface area contributed by atoms with Gasteiger partial charge in [0, 0.05) is 13.1 Å². The molecular formula is C16H30N4. The molecule has 0 radical (unpaired) electrons. The van der Waals surface area contributed by atoms with Crippen LogP contribution in [0.4, 0.5) is 11.5 Å². The first kappa shape index (κ1) is 15.2. The number of rotatable bonds is 6. The molecule has 0 aromatic carbocycles. The van der Waals surface area contributed by atoms with Gasteiger partial charge < -0.3 is 11.1 Å². The number of hydrogen-bond donors (Lipinski definition) is 2. The topological polar surface area (TPSA) is 55.9 Å². The predicted octanol–water partition coefficient (Wildman–Crippen LogP) is 3.73. The molecule has 0 saturated heterocycles. The summed E-state index contributed by atoms with van der Waals surface area (Å²) in [6.07, 6.45) is 9.99. The van der Waals surface area contributed by atoms with Crippen molar-refractivity contribution in [3.05, 3.63) is 5.69 Å². The van der Waals surface area contributed by atoms with Gasteiger partial charge in [-0.1, -0.05) is 33.1 Å². The Morgan fingerprint density at radius 1 is 1.20 bits per heavy atom. The lowest BCUT2D eigenvalue weighted by molar-refractivity contribution is 0.318. The van der Waals surface area contributed by atoms with E-state index in [1.807, 2.05) is 11.7 Å². The zero-order chi connectivity index (χ0) is 14.5. The lowest BCUT2D eigenvalue weighted by atomic mass is 9.83. The highest BCUT2D eigenvalue weighted by atomic mass is 15.3. The van der Waals surface area contributed by atoms with Crippen LogP contribution < -0.4 is 11.1 Å². The Morgan fingerprint density at radius 3 is 2.50 bits per heavy atom. The average Bonchev–Trinajstić information content (AvgIpc) is 2.69. The Morgan fingerprint density at radius 2 is 1.90 bits per heavy atom. The van der Waals surface area contributed by atoms with E-state index in [1.54, 1.807) is 0 Å². The molecule has 0 bridgehead atoms. The molecule has 3 N–H and O–H groups in total. The number of anilines is 2. The van der Waals surface area contributed by atoms with Gasteiger partial charge in [0.1, 0.15) is 5.82 Å². The maximum Gasteiger partial charge on any atom is 0.147 e. The SMILES string of the molecule is CCCc1nn(C)c(NC2CCC(CCC)CC2)c1N. The third-order valence-electron chi connectivity index (χ3n) is 4.53. The van der Waals surface area contributed by atoms with Crippen LogP contribution in [0.3, 0.4) is 0 Å². The fourth-order valence-corrected chi connectivity index (χ4v) is 3.39. The van der Waals surface area contributed by atoms with E-state index < -0.39 is 0 Å². The second-order valence-electron chi connectivity index (χ2n) is 6.23. The highest BCUT2D eigenvalue weighted by Crippen LogP contribution is 2.31. The molecule has 1 aromatic heterocycles. The number of nitrogen functional groups attached to an aromatic ring is 1. The molecule has 20 heavy (non-hydrogen) atoms. The first-order valence-electron chi connectivity index (χ1n) is 8.23. The van der Waals surface area contributed by atoms with Crippen LogP contribution in [-0.2, 0) is 13.5 Å². The van der Waals surface area contributed by atoms with E-state index >= 15 is 0 Å². The van der Waals surface area contributed by atoms with Gasteiger partial charge in [-0.15, -0.1) is 0 Å². The van der Waals surface area contributed by atoms with Crippen LogP contribution in [-0.4, -0.2) is 15.8 Å². The van der Waals surface area contributed by atoms with Crippen molar-refractivity contribution < 1.29 is 0 Å². The molecular weight excluding hydrogens is 248 g/mol. The largest absolute Gasteiger partial charge is 0.394 e. The minimum Gasteiger partial charge on any atom is -0.394 e. The zero-order valence-electron chi connectivity index (χ0n) is 13.3. The molecule has 1 aliphatic carbocycles. The molecule has 0 amide bonds. The molecule has 1 aliphatic rings. The molecule has 1 heterocycles. The Hall–Kier alpha value is -1.19. The van der Waals surface area contributed by atoms with Crippen LogP contribution in [0.2, 0.25) is 0 Å². The van der Waals surface area contributed by atoms with Crippen molar-refractivity contribution in [1.29, 1.82) is 0 Å². The monoisotopic (exact) mass is 278 g/mol. The summed E-state index contributed by atoms with van der Waals surface area (Å²) < 4.78 is 1.92. The first-order valence-corrected chi connectivity index (χ1v) is 8.23. The van der Waals surface area contributed by atoms with E-state index in [2.05, 4.69) is 24.3 Å². The summed E-state index contributed by atoms with van der Waals surface area (Å²) in [5.41, 5.74) is 8.13. The molecule has 0 atom stereocenters. The maximum absolute atomic E-state index is 6.24. The summed E-state index contributed by atoms with van der Waals surface area (Å²) in [5.74, 6) is 1.96. The van der Waals surface area contributed by atoms with Crippen LogP contribution in [0.25, 0.3) is 0 Å². The van der Waals surface area contributed by atoms with Gasteiger partial charge in [0.25, 0.3) is 0 Å². The second kappa shape index (κ2) is 7.00. The normalized spacial score (nSPS) is 22.9. The van der Waals surface area contributed by atoms with Crippen molar-refractivity contribution in [3.8, 4) is 0 Å². The van der Waals surface area contributed by atoms with Gasteiger partial charge >= 0.3 is 0 Å². The third-order valence-corrected chi connectivity index (χ3v) is 4.53. The summed E-state index contributed by atoms with van der Waals surface area (Å²) in [6, 6.07) is 0.565. The Labute approximate surface area is 123 Å². The number of aromatic nitrogens is 2. The summed E-state index contributed by atoms with van der Waals surface area (Å²) in [6.45, 7) is 4.45. The van der Waals surface area contributed by atoms with Crippen molar-refractivity contribution in [2.24, 2.45) is 13.0 Å². The molecule has 1 saturated carbocycles. The Bertz CT molecular complexity index is 416. The molecule has 0 unspecified atom stereocenters. The predicted molar refractivity (Wildman–Crippen MR) is 85.9 cm³/mol. The number of nitrogens with zero attached hydrogens (tertiary/aromatic N) is 2. The van der Waals surface area contributed by atoms with E-state index in [-0.39, 0.29) is 0 Å². The van der Waals surface area contributed by atoms with Crippen molar-refractivity contribution >= 4 is 11.5 Å². The summed E-state index contributed by atoms with van der Waals surface area (Å²) in [4.78, 5) is 0. The zero-order valence-corrected chi connectivity index (χ0v) is 13.3. The lowest BCUT2D eigenvalue weighted by Gasteiger charge is -2.29. The highest BCUT2D eigenvalue weighted by Gasteiger charge is 2.22. The molecule has 4 nitrogen and oxygen atoms in total. The Kier molecular flexibility index (Phi) is 5.32. The van der Waals surface area contributed by atoms with Gasteiger partial charge in [-0.3, -0.25) is 4.68 Å². The van der Waals surface area contributed by atoms with E-state index in [1.165, 1.54) is 38.5 Å². The van der Waals surface area contributed by atoms with Crippen molar-refractivity contribution in [2.45, 2.75) is 71.3 Å². The van der Waals surface area contributed by atoms with Crippen LogP contribution in [0.1, 0.15) is 64.5 Å². The van der Waals surface area contributed by atoms with E-state index in [0.29, 0.717) is 6.04 Å². The van der Waals surface area contributed by atoms with Crippen LogP contribution in [0.5, 0.6) is 0 Å². The van der Waals surface area contributed by atoms with Gasteiger partial charge in [0.15, 0.2) is 0 Å². The first-order chi connectivity index (χ1) is 9.65. The standard InChI is InChI=1S/C16H30N4/c1-4-6-12-8-10-13(11-9-12)18-16-15(17)14(7-5-2)19-20(16)3/h12-13,18H,4-11,17H2,1-3H3. The molecule has 0 aliphatic heterocycles. The summed E-state index contributed by atoms with van der Waals surface area (Å²) in [5, 5.41) is 8.17. The second-order valence-corrected chi connectivity index (χ2v) is 6.23.